The van der Waals surface area contributed by atoms with Crippen LogP contribution in [0.5, 0.6) is 11.5 Å². The Morgan fingerprint density at radius 3 is 2.79 bits per heavy atom. The maximum atomic E-state index is 12.3. The molecule has 0 amide bonds. The molecule has 0 N–H and O–H groups in total. The van der Waals surface area contributed by atoms with Crippen molar-refractivity contribution in [2.75, 3.05) is 26.9 Å². The van der Waals surface area contributed by atoms with Crippen molar-refractivity contribution in [3.05, 3.63) is 49.2 Å². The lowest BCUT2D eigenvalue weighted by molar-refractivity contribution is 0.0521. The monoisotopic (exact) mass is 604 g/mol. The zero-order chi connectivity index (χ0) is 24.9. The van der Waals surface area contributed by atoms with Crippen LogP contribution in [0.4, 0.5) is 0 Å². The van der Waals surface area contributed by atoms with Crippen LogP contribution < -0.4 is 14.9 Å². The minimum absolute atomic E-state index is 0.0142. The predicted octanol–water partition coefficient (Wildman–Crippen LogP) is 4.90. The van der Waals surface area contributed by atoms with Crippen molar-refractivity contribution in [1.82, 2.24) is 9.55 Å². The van der Waals surface area contributed by atoms with Gasteiger partial charge in [0.1, 0.15) is 15.4 Å². The number of rotatable bonds is 10. The number of nitrogens with zero attached hydrogens (tertiary/aromatic N) is 2. The molecule has 0 aromatic carbocycles. The second-order valence-corrected chi connectivity index (χ2v) is 10.2. The molecule has 34 heavy (non-hydrogen) atoms. The quantitative estimate of drug-likeness (QED) is 0.165. The van der Waals surface area contributed by atoms with E-state index >= 15 is 0 Å². The summed E-state index contributed by atoms with van der Waals surface area (Å²) in [7, 11) is 1.64. The molecule has 8 nitrogen and oxygen atoms in total. The highest BCUT2D eigenvalue weighted by Crippen LogP contribution is 2.48. The Bertz CT molecular complexity index is 1070. The van der Waals surface area contributed by atoms with Gasteiger partial charge in [-0.15, -0.1) is 0 Å². The summed E-state index contributed by atoms with van der Waals surface area (Å²) in [5, 5.41) is 0.275. The van der Waals surface area contributed by atoms with Gasteiger partial charge in [-0.3, -0.25) is 4.79 Å². The fourth-order valence-corrected chi connectivity index (χ4v) is 5.10. The Morgan fingerprint density at radius 1 is 1.32 bits per heavy atom. The van der Waals surface area contributed by atoms with Crippen LogP contribution >= 0.6 is 34.2 Å². The Kier molecular flexibility index (Phi) is 9.22. The molecule has 0 bridgehead atoms. The molecular weight excluding hydrogens is 575 g/mol. The molecule has 0 spiro atoms. The first-order chi connectivity index (χ1) is 16.2. The largest absolute Gasteiger partial charge is 0.490 e. The highest BCUT2D eigenvalue weighted by atomic mass is 127. The number of aromatic nitrogens is 2. The van der Waals surface area contributed by atoms with Crippen LogP contribution in [-0.4, -0.2) is 48.6 Å². The standard InChI is InChI=1S/C24H30ClIN2O6/c1-5-32-23(30)15-14-28(10-8-16(15)29)20-17(7-9-24(20,2)3)34-19-13-18(21(25)27-22(19)26)33-12-6-11-31-4/h8,10,13-14,17,20H,5-7,9,11-12H2,1-4H3. The summed E-state index contributed by atoms with van der Waals surface area (Å²) in [4.78, 5) is 29.0. The van der Waals surface area contributed by atoms with Crippen molar-refractivity contribution in [1.29, 1.82) is 0 Å². The fraction of sp³-hybridized carbons (Fsp3) is 0.542. The molecule has 2 aromatic rings. The van der Waals surface area contributed by atoms with Gasteiger partial charge in [0.05, 0.1) is 19.3 Å². The van der Waals surface area contributed by atoms with Gasteiger partial charge < -0.3 is 23.5 Å². The first-order valence-corrected chi connectivity index (χ1v) is 12.7. The number of esters is 1. The zero-order valence-corrected chi connectivity index (χ0v) is 22.7. The first-order valence-electron chi connectivity index (χ1n) is 11.2. The summed E-state index contributed by atoms with van der Waals surface area (Å²) in [6.45, 7) is 7.25. The maximum Gasteiger partial charge on any atom is 0.343 e. The van der Waals surface area contributed by atoms with Crippen LogP contribution in [0.1, 0.15) is 56.4 Å². The molecule has 3 rings (SSSR count). The summed E-state index contributed by atoms with van der Waals surface area (Å²) in [5.74, 6) is 0.405. The molecule has 1 aliphatic rings. The number of carbonyl (C=O) groups is 1. The highest BCUT2D eigenvalue weighted by Gasteiger charge is 2.44. The summed E-state index contributed by atoms with van der Waals surface area (Å²) < 4.78 is 24.9. The summed E-state index contributed by atoms with van der Waals surface area (Å²) in [6.07, 6.45) is 5.48. The molecule has 0 aliphatic heterocycles. The molecule has 1 saturated carbocycles. The minimum Gasteiger partial charge on any atom is -0.490 e. The molecular formula is C24H30ClIN2O6. The van der Waals surface area contributed by atoms with E-state index in [1.54, 1.807) is 32.5 Å². The van der Waals surface area contributed by atoms with Gasteiger partial charge in [0, 0.05) is 44.7 Å². The number of hydrogen-bond donors (Lipinski definition) is 0. The summed E-state index contributed by atoms with van der Waals surface area (Å²) >= 11 is 8.38. The second kappa shape index (κ2) is 11.7. The third kappa shape index (κ3) is 6.23. The Balaban J connectivity index is 1.88. The van der Waals surface area contributed by atoms with Crippen molar-refractivity contribution >= 4 is 40.2 Å². The molecule has 2 unspecified atom stereocenters. The maximum absolute atomic E-state index is 12.3. The van der Waals surface area contributed by atoms with E-state index in [0.29, 0.717) is 28.4 Å². The lowest BCUT2D eigenvalue weighted by atomic mass is 9.86. The van der Waals surface area contributed by atoms with Crippen LogP contribution in [0.25, 0.3) is 0 Å². The van der Waals surface area contributed by atoms with Gasteiger partial charge in [-0.1, -0.05) is 25.4 Å². The number of hydrogen-bond acceptors (Lipinski definition) is 7. The van der Waals surface area contributed by atoms with E-state index in [2.05, 4.69) is 41.4 Å². The topological polar surface area (TPSA) is 88.9 Å². The Labute approximate surface area is 218 Å². The highest BCUT2D eigenvalue weighted by molar-refractivity contribution is 14.1. The van der Waals surface area contributed by atoms with E-state index in [1.165, 1.54) is 6.07 Å². The number of carbonyl (C=O) groups excluding carboxylic acids is 1. The molecule has 2 aromatic heterocycles. The molecule has 2 heterocycles. The van der Waals surface area contributed by atoms with E-state index in [4.69, 9.17) is 30.5 Å². The number of halogens is 2. The van der Waals surface area contributed by atoms with Crippen LogP contribution in [0.2, 0.25) is 5.15 Å². The van der Waals surface area contributed by atoms with E-state index in [-0.39, 0.29) is 40.3 Å². The smallest absolute Gasteiger partial charge is 0.343 e. The van der Waals surface area contributed by atoms with E-state index in [9.17, 15) is 9.59 Å². The lowest BCUT2D eigenvalue weighted by Gasteiger charge is -2.33. The first kappa shape index (κ1) is 26.7. The average Bonchev–Trinajstić information content (AvgIpc) is 3.08. The van der Waals surface area contributed by atoms with Gasteiger partial charge >= 0.3 is 5.97 Å². The summed E-state index contributed by atoms with van der Waals surface area (Å²) in [6, 6.07) is 3.04. The molecule has 10 heteroatoms. The third-order valence-corrected chi connectivity index (χ3v) is 6.92. The van der Waals surface area contributed by atoms with Crippen LogP contribution in [0, 0.1) is 9.12 Å². The van der Waals surface area contributed by atoms with Gasteiger partial charge in [0.15, 0.2) is 22.1 Å². The normalized spacial score (nSPS) is 19.1. The molecule has 186 valence electrons. The van der Waals surface area contributed by atoms with Crippen LogP contribution in [0.3, 0.4) is 0 Å². The van der Waals surface area contributed by atoms with E-state index < -0.39 is 5.97 Å². The number of ether oxygens (including phenoxy) is 4. The van der Waals surface area contributed by atoms with Gasteiger partial charge in [0.25, 0.3) is 0 Å². The zero-order valence-electron chi connectivity index (χ0n) is 19.8. The predicted molar refractivity (Wildman–Crippen MR) is 137 cm³/mol. The van der Waals surface area contributed by atoms with Crippen LogP contribution in [-0.2, 0) is 9.47 Å². The van der Waals surface area contributed by atoms with Crippen molar-refractivity contribution in [3.63, 3.8) is 0 Å². The molecule has 2 atom stereocenters. The van der Waals surface area contributed by atoms with E-state index in [1.807, 2.05) is 4.57 Å². The minimum atomic E-state index is -0.623. The number of methoxy groups -OCH3 is 1. The molecule has 0 saturated heterocycles. The molecule has 1 aliphatic carbocycles. The molecule has 0 radical (unpaired) electrons. The molecule has 1 fully saturated rings. The van der Waals surface area contributed by atoms with Gasteiger partial charge in [-0.2, -0.15) is 0 Å². The third-order valence-electron chi connectivity index (χ3n) is 5.88. The second-order valence-electron chi connectivity index (χ2n) is 8.78. The van der Waals surface area contributed by atoms with Crippen LogP contribution in [0.15, 0.2) is 29.3 Å². The van der Waals surface area contributed by atoms with Crippen molar-refractivity contribution in [2.45, 2.75) is 52.2 Å². The van der Waals surface area contributed by atoms with Crippen molar-refractivity contribution in [2.24, 2.45) is 5.41 Å². The van der Waals surface area contributed by atoms with Gasteiger partial charge in [0.2, 0.25) is 0 Å². The van der Waals surface area contributed by atoms with Gasteiger partial charge in [-0.05, 0) is 47.8 Å². The average molecular weight is 605 g/mol. The SMILES string of the molecule is CCOC(=O)c1cn(C2C(Oc3cc(OCCCOC)c(Cl)nc3I)CCC2(C)C)ccc1=O. The van der Waals surface area contributed by atoms with E-state index in [0.717, 1.165) is 19.3 Å². The Hall–Kier alpha value is -1.85. The fourth-order valence-electron chi connectivity index (χ4n) is 4.24. The lowest BCUT2D eigenvalue weighted by Crippen LogP contribution is -2.33. The Morgan fingerprint density at radius 2 is 2.09 bits per heavy atom. The van der Waals surface area contributed by atoms with Crippen molar-refractivity contribution < 1.29 is 23.7 Å². The summed E-state index contributed by atoms with van der Waals surface area (Å²) in [5.41, 5.74) is -0.494. The van der Waals surface area contributed by atoms with Gasteiger partial charge in [-0.25, -0.2) is 9.78 Å². The van der Waals surface area contributed by atoms with Crippen molar-refractivity contribution in [3.8, 4) is 11.5 Å². The number of pyridine rings is 2.